The summed E-state index contributed by atoms with van der Waals surface area (Å²) in [7, 11) is 1.67. The van der Waals surface area contributed by atoms with Crippen LogP contribution in [0, 0.1) is 12.8 Å². The van der Waals surface area contributed by atoms with E-state index in [0.717, 1.165) is 56.9 Å². The van der Waals surface area contributed by atoms with Gasteiger partial charge in [0.15, 0.2) is 0 Å². The Labute approximate surface area is 191 Å². The van der Waals surface area contributed by atoms with Crippen molar-refractivity contribution in [1.82, 2.24) is 14.5 Å². The van der Waals surface area contributed by atoms with Crippen LogP contribution in [0.4, 0.5) is 0 Å². The smallest absolute Gasteiger partial charge is 0.222 e. The van der Waals surface area contributed by atoms with Crippen molar-refractivity contribution in [3.05, 3.63) is 83.4 Å². The molecule has 32 heavy (non-hydrogen) atoms. The number of carbonyl (C=O) groups is 1. The largest absolute Gasteiger partial charge is 0.497 e. The average molecular weight is 432 g/mol. The quantitative estimate of drug-likeness (QED) is 0.521. The van der Waals surface area contributed by atoms with Gasteiger partial charge in [-0.1, -0.05) is 42.5 Å². The predicted octanol–water partition coefficient (Wildman–Crippen LogP) is 4.66. The van der Waals surface area contributed by atoms with Crippen molar-refractivity contribution >= 4 is 5.91 Å². The van der Waals surface area contributed by atoms with Crippen LogP contribution in [-0.2, 0) is 24.2 Å². The maximum Gasteiger partial charge on any atom is 0.222 e. The second kappa shape index (κ2) is 10.5. The zero-order chi connectivity index (χ0) is 22.3. The van der Waals surface area contributed by atoms with Crippen molar-refractivity contribution < 1.29 is 9.53 Å². The Morgan fingerprint density at radius 1 is 1.03 bits per heavy atom. The molecule has 0 atom stereocenters. The van der Waals surface area contributed by atoms with Crippen LogP contribution in [-0.4, -0.2) is 40.6 Å². The van der Waals surface area contributed by atoms with Crippen molar-refractivity contribution in [2.75, 3.05) is 20.2 Å². The molecule has 0 saturated carbocycles. The minimum absolute atomic E-state index is 0.265. The molecule has 0 bridgehead atoms. The van der Waals surface area contributed by atoms with Crippen molar-refractivity contribution in [2.24, 2.45) is 5.92 Å². The van der Waals surface area contributed by atoms with Crippen LogP contribution >= 0.6 is 0 Å². The molecule has 1 aromatic heterocycles. The summed E-state index contributed by atoms with van der Waals surface area (Å²) < 4.78 is 7.53. The van der Waals surface area contributed by atoms with E-state index in [0.29, 0.717) is 12.3 Å². The summed E-state index contributed by atoms with van der Waals surface area (Å²) in [6, 6.07) is 18.5. The molecule has 1 saturated heterocycles. The van der Waals surface area contributed by atoms with Crippen LogP contribution in [0.1, 0.15) is 41.9 Å². The third kappa shape index (κ3) is 5.58. The van der Waals surface area contributed by atoms with Gasteiger partial charge in [-0.05, 0) is 55.4 Å². The number of aryl methyl sites for hydroxylation is 2. The Balaban J connectivity index is 1.26. The van der Waals surface area contributed by atoms with Crippen LogP contribution in [0.25, 0.3) is 0 Å². The highest BCUT2D eigenvalue weighted by atomic mass is 16.5. The molecule has 0 spiro atoms. The molecule has 4 rings (SSSR count). The number of methoxy groups -OCH3 is 1. The average Bonchev–Trinajstić information content (AvgIpc) is 3.17. The van der Waals surface area contributed by atoms with Crippen molar-refractivity contribution in [3.63, 3.8) is 0 Å². The molecule has 168 valence electrons. The third-order valence-corrected chi connectivity index (χ3v) is 6.55. The van der Waals surface area contributed by atoms with Gasteiger partial charge in [-0.15, -0.1) is 0 Å². The zero-order valence-corrected chi connectivity index (χ0v) is 19.2. The van der Waals surface area contributed by atoms with Gasteiger partial charge < -0.3 is 14.2 Å². The fourth-order valence-electron chi connectivity index (χ4n) is 4.50. The summed E-state index contributed by atoms with van der Waals surface area (Å²) in [5, 5.41) is 0. The molecule has 3 aromatic rings. The molecule has 1 amide bonds. The minimum atomic E-state index is 0.265. The number of nitrogens with zero attached hydrogens (tertiary/aromatic N) is 3. The van der Waals surface area contributed by atoms with Crippen LogP contribution in [0.15, 0.2) is 60.8 Å². The summed E-state index contributed by atoms with van der Waals surface area (Å²) in [5.74, 6) is 2.86. The Morgan fingerprint density at radius 2 is 1.75 bits per heavy atom. The van der Waals surface area contributed by atoms with Crippen LogP contribution in [0.2, 0.25) is 0 Å². The summed E-state index contributed by atoms with van der Waals surface area (Å²) in [6.45, 7) is 4.70. The number of hydrogen-bond acceptors (Lipinski definition) is 3. The van der Waals surface area contributed by atoms with E-state index in [1.54, 1.807) is 7.11 Å². The molecular weight excluding hydrogens is 398 g/mol. The SMILES string of the molecule is COc1ccc(CCC(=O)N2CCC(Cc3ncc(C)n3Cc3ccccc3)CC2)cc1. The Hall–Kier alpha value is -3.08. The lowest BCUT2D eigenvalue weighted by molar-refractivity contribution is -0.132. The van der Waals surface area contributed by atoms with Gasteiger partial charge in [0.25, 0.3) is 0 Å². The van der Waals surface area contributed by atoms with E-state index in [1.165, 1.54) is 16.8 Å². The summed E-state index contributed by atoms with van der Waals surface area (Å²) in [6.07, 6.45) is 6.40. The standard InChI is InChI=1S/C27H33N3O2/c1-21-19-28-26(30(21)20-24-6-4-3-5-7-24)18-23-14-16-29(17-15-23)27(31)13-10-22-8-11-25(32-2)12-9-22/h3-9,11-12,19,23H,10,13-18,20H2,1-2H3. The van der Waals surface area contributed by atoms with Gasteiger partial charge in [-0.25, -0.2) is 4.98 Å². The minimum Gasteiger partial charge on any atom is -0.497 e. The van der Waals surface area contributed by atoms with E-state index in [9.17, 15) is 4.79 Å². The summed E-state index contributed by atoms with van der Waals surface area (Å²) in [4.78, 5) is 19.5. The Kier molecular flexibility index (Phi) is 7.25. The number of ether oxygens (including phenoxy) is 1. The molecular formula is C27H33N3O2. The van der Waals surface area contributed by atoms with Gasteiger partial charge in [-0.3, -0.25) is 4.79 Å². The Bertz CT molecular complexity index is 1000. The van der Waals surface area contributed by atoms with E-state index in [1.807, 2.05) is 35.4 Å². The number of rotatable bonds is 8. The van der Waals surface area contributed by atoms with Gasteiger partial charge in [0.1, 0.15) is 11.6 Å². The Morgan fingerprint density at radius 3 is 2.44 bits per heavy atom. The maximum absolute atomic E-state index is 12.7. The topological polar surface area (TPSA) is 47.4 Å². The molecule has 1 aliphatic heterocycles. The van der Waals surface area contributed by atoms with Gasteiger partial charge >= 0.3 is 0 Å². The lowest BCUT2D eigenvalue weighted by Gasteiger charge is -2.32. The number of benzene rings is 2. The maximum atomic E-state index is 12.7. The molecule has 0 aliphatic carbocycles. The molecule has 5 nitrogen and oxygen atoms in total. The number of aromatic nitrogens is 2. The molecule has 1 fully saturated rings. The highest BCUT2D eigenvalue weighted by molar-refractivity contribution is 5.76. The van der Waals surface area contributed by atoms with Gasteiger partial charge in [0.05, 0.1) is 7.11 Å². The number of amides is 1. The second-order valence-electron chi connectivity index (χ2n) is 8.76. The fourth-order valence-corrected chi connectivity index (χ4v) is 4.50. The first-order valence-corrected chi connectivity index (χ1v) is 11.6. The first-order valence-electron chi connectivity index (χ1n) is 11.6. The molecule has 1 aliphatic rings. The normalized spacial score (nSPS) is 14.5. The van der Waals surface area contributed by atoms with E-state index in [2.05, 4.69) is 41.8 Å². The second-order valence-corrected chi connectivity index (χ2v) is 8.76. The van der Waals surface area contributed by atoms with E-state index in [-0.39, 0.29) is 5.91 Å². The number of carbonyl (C=O) groups excluding carboxylic acids is 1. The number of piperidine rings is 1. The van der Waals surface area contributed by atoms with Crippen molar-refractivity contribution in [3.8, 4) is 5.75 Å². The first-order chi connectivity index (χ1) is 15.6. The van der Waals surface area contributed by atoms with E-state index in [4.69, 9.17) is 9.72 Å². The van der Waals surface area contributed by atoms with Crippen LogP contribution in [0.3, 0.4) is 0 Å². The van der Waals surface area contributed by atoms with Gasteiger partial charge in [0, 0.05) is 44.4 Å². The molecule has 0 radical (unpaired) electrons. The number of imidazole rings is 1. The highest BCUT2D eigenvalue weighted by Gasteiger charge is 2.24. The predicted molar refractivity (Wildman–Crippen MR) is 127 cm³/mol. The summed E-state index contributed by atoms with van der Waals surface area (Å²) >= 11 is 0. The van der Waals surface area contributed by atoms with Gasteiger partial charge in [0.2, 0.25) is 5.91 Å². The van der Waals surface area contributed by atoms with E-state index < -0.39 is 0 Å². The van der Waals surface area contributed by atoms with E-state index >= 15 is 0 Å². The molecule has 2 aromatic carbocycles. The van der Waals surface area contributed by atoms with Crippen LogP contribution < -0.4 is 4.74 Å². The van der Waals surface area contributed by atoms with Crippen molar-refractivity contribution in [2.45, 2.75) is 45.6 Å². The highest BCUT2D eigenvalue weighted by Crippen LogP contribution is 2.23. The molecule has 5 heteroatoms. The summed E-state index contributed by atoms with van der Waals surface area (Å²) in [5.41, 5.74) is 3.68. The molecule has 0 N–H and O–H groups in total. The van der Waals surface area contributed by atoms with Gasteiger partial charge in [-0.2, -0.15) is 0 Å². The lowest BCUT2D eigenvalue weighted by atomic mass is 9.93. The monoisotopic (exact) mass is 431 g/mol. The lowest BCUT2D eigenvalue weighted by Crippen LogP contribution is -2.39. The fraction of sp³-hybridized carbons (Fsp3) is 0.407. The third-order valence-electron chi connectivity index (χ3n) is 6.55. The van der Waals surface area contributed by atoms with Crippen LogP contribution in [0.5, 0.6) is 5.75 Å². The zero-order valence-electron chi connectivity index (χ0n) is 19.2. The first kappa shape index (κ1) is 22.1. The number of likely N-dealkylation sites (tertiary alicyclic amines) is 1. The molecule has 0 unspecified atom stereocenters. The molecule has 2 heterocycles. The number of hydrogen-bond donors (Lipinski definition) is 0. The van der Waals surface area contributed by atoms with Crippen molar-refractivity contribution in [1.29, 1.82) is 0 Å².